The van der Waals surface area contributed by atoms with Gasteiger partial charge < -0.3 is 4.90 Å². The van der Waals surface area contributed by atoms with Crippen LogP contribution in [0.15, 0.2) is 23.9 Å². The smallest absolute Gasteiger partial charge is 0.336 e. The lowest BCUT2D eigenvalue weighted by atomic mass is 9.64. The average molecular weight is 378 g/mol. The molecule has 6 nitrogen and oxygen atoms in total. The molecule has 1 aromatic heterocycles. The molecule has 9 heteroatoms. The molecule has 2 aliphatic rings. The molecule has 1 spiro atoms. The van der Waals surface area contributed by atoms with E-state index in [0.29, 0.717) is 31.6 Å². The highest BCUT2D eigenvalue weighted by molar-refractivity contribution is 6.03. The van der Waals surface area contributed by atoms with E-state index in [1.165, 1.54) is 4.90 Å². The number of ketones is 1. The summed E-state index contributed by atoms with van der Waals surface area (Å²) >= 11 is 0. The summed E-state index contributed by atoms with van der Waals surface area (Å²) in [6.45, 7) is 4.02. The van der Waals surface area contributed by atoms with Gasteiger partial charge in [-0.15, -0.1) is 5.10 Å². The number of rotatable bonds is 1. The Morgan fingerprint density at radius 1 is 1.37 bits per heavy atom. The SMILES string of the molecule is CC1(C)C[C@]2(C=C(C#N)C1=O)CCN(C(=O)c1cc(C(F)(F)F)cnn1)C2. The number of carbonyl (C=O) groups excluding carboxylic acids is 2. The minimum absolute atomic E-state index is 0.0689. The Morgan fingerprint density at radius 2 is 2.07 bits per heavy atom. The second kappa shape index (κ2) is 6.15. The lowest BCUT2D eigenvalue weighted by Gasteiger charge is -2.38. The molecule has 142 valence electrons. The van der Waals surface area contributed by atoms with Crippen molar-refractivity contribution >= 4 is 11.7 Å². The van der Waals surface area contributed by atoms with Crippen molar-refractivity contribution in [1.29, 1.82) is 5.26 Å². The Bertz CT molecular complexity index is 885. The summed E-state index contributed by atoms with van der Waals surface area (Å²) < 4.78 is 38.5. The number of alkyl halides is 3. The van der Waals surface area contributed by atoms with Crippen molar-refractivity contribution in [3.8, 4) is 6.07 Å². The highest BCUT2D eigenvalue weighted by atomic mass is 19.4. The number of halogens is 3. The van der Waals surface area contributed by atoms with Crippen LogP contribution in [0.25, 0.3) is 0 Å². The van der Waals surface area contributed by atoms with E-state index < -0.39 is 28.5 Å². The molecule has 1 amide bonds. The summed E-state index contributed by atoms with van der Waals surface area (Å²) in [6, 6.07) is 2.61. The van der Waals surface area contributed by atoms with Gasteiger partial charge in [-0.05, 0) is 18.9 Å². The zero-order valence-electron chi connectivity index (χ0n) is 14.8. The number of hydrogen-bond acceptors (Lipinski definition) is 5. The lowest BCUT2D eigenvalue weighted by Crippen LogP contribution is -2.41. The van der Waals surface area contributed by atoms with Gasteiger partial charge in [-0.1, -0.05) is 19.9 Å². The maximum Gasteiger partial charge on any atom is 0.418 e. The second-order valence-electron chi connectivity index (χ2n) is 7.73. The summed E-state index contributed by atoms with van der Waals surface area (Å²) in [5.41, 5.74) is -2.63. The number of nitrogens with zero attached hydrogens (tertiary/aromatic N) is 4. The number of hydrogen-bond donors (Lipinski definition) is 0. The third-order valence-electron chi connectivity index (χ3n) is 5.10. The average Bonchev–Trinajstić information content (AvgIpc) is 2.99. The molecule has 0 unspecified atom stereocenters. The van der Waals surface area contributed by atoms with Crippen molar-refractivity contribution in [1.82, 2.24) is 15.1 Å². The zero-order valence-corrected chi connectivity index (χ0v) is 14.8. The molecule has 0 saturated carbocycles. The standard InChI is InChI=1S/C18H17F3N4O2/c1-16(2)9-17(6-11(7-22)14(16)26)3-4-25(10-17)15(27)13-5-12(8-23-24-13)18(19,20)21/h5-6,8H,3-4,9-10H2,1-2H3/t17-/m1/s1. The van der Waals surface area contributed by atoms with E-state index in [-0.39, 0.29) is 23.6 Å². The fourth-order valence-corrected chi connectivity index (χ4v) is 3.95. The van der Waals surface area contributed by atoms with Crippen LogP contribution in [0.3, 0.4) is 0 Å². The van der Waals surface area contributed by atoms with E-state index in [9.17, 15) is 28.0 Å². The number of aromatic nitrogens is 2. The van der Waals surface area contributed by atoms with Gasteiger partial charge in [0.25, 0.3) is 5.91 Å². The van der Waals surface area contributed by atoms with Gasteiger partial charge in [-0.25, -0.2) is 0 Å². The van der Waals surface area contributed by atoms with Gasteiger partial charge in [0.15, 0.2) is 11.5 Å². The molecule has 1 fully saturated rings. The topological polar surface area (TPSA) is 87.0 Å². The first-order valence-electron chi connectivity index (χ1n) is 8.34. The number of Topliss-reactive ketones (excluding diaryl/α,β-unsaturated/α-hetero) is 1. The minimum atomic E-state index is -4.62. The van der Waals surface area contributed by atoms with Gasteiger partial charge >= 0.3 is 6.18 Å². The molecule has 27 heavy (non-hydrogen) atoms. The van der Waals surface area contributed by atoms with Crippen LogP contribution in [0.4, 0.5) is 13.2 Å². The highest BCUT2D eigenvalue weighted by Gasteiger charge is 2.49. The molecule has 2 heterocycles. The number of likely N-dealkylation sites (tertiary alicyclic amines) is 1. The molecule has 0 radical (unpaired) electrons. The van der Waals surface area contributed by atoms with E-state index in [2.05, 4.69) is 10.2 Å². The number of nitriles is 1. The Labute approximate surface area is 153 Å². The predicted octanol–water partition coefficient (Wildman–Crippen LogP) is 2.78. The summed E-state index contributed by atoms with van der Waals surface area (Å²) in [4.78, 5) is 26.3. The first-order valence-corrected chi connectivity index (χ1v) is 8.34. The molecule has 1 aromatic rings. The molecule has 3 rings (SSSR count). The second-order valence-corrected chi connectivity index (χ2v) is 7.73. The van der Waals surface area contributed by atoms with Gasteiger partial charge in [0.2, 0.25) is 0 Å². The van der Waals surface area contributed by atoms with Gasteiger partial charge in [0, 0.05) is 23.9 Å². The largest absolute Gasteiger partial charge is 0.418 e. The van der Waals surface area contributed by atoms with E-state index in [1.807, 2.05) is 6.07 Å². The maximum absolute atomic E-state index is 12.8. The van der Waals surface area contributed by atoms with Gasteiger partial charge in [-0.2, -0.15) is 23.5 Å². The first-order chi connectivity index (χ1) is 12.5. The molecule has 1 saturated heterocycles. The van der Waals surface area contributed by atoms with Crippen LogP contribution in [0.2, 0.25) is 0 Å². The van der Waals surface area contributed by atoms with Crippen LogP contribution in [0.1, 0.15) is 42.7 Å². The molecule has 0 aromatic carbocycles. The Balaban J connectivity index is 1.86. The predicted molar refractivity (Wildman–Crippen MR) is 87.1 cm³/mol. The van der Waals surface area contributed by atoms with Gasteiger partial charge in [0.1, 0.15) is 6.07 Å². The molecule has 0 N–H and O–H groups in total. The van der Waals surface area contributed by atoms with Gasteiger partial charge in [0.05, 0.1) is 17.3 Å². The minimum Gasteiger partial charge on any atom is -0.336 e. The van der Waals surface area contributed by atoms with Crippen molar-refractivity contribution < 1.29 is 22.8 Å². The summed E-state index contributed by atoms with van der Waals surface area (Å²) in [6.07, 6.45) is -1.45. The lowest BCUT2D eigenvalue weighted by molar-refractivity contribution is -0.138. The first kappa shape index (κ1) is 19.0. The fourth-order valence-electron chi connectivity index (χ4n) is 3.95. The van der Waals surface area contributed by atoms with E-state index in [0.717, 1.165) is 0 Å². The number of allylic oxidation sites excluding steroid dienone is 1. The van der Waals surface area contributed by atoms with Crippen LogP contribution in [-0.2, 0) is 11.0 Å². The Kier molecular flexibility index (Phi) is 4.33. The van der Waals surface area contributed by atoms with E-state index in [1.54, 1.807) is 19.9 Å². The third kappa shape index (κ3) is 3.44. The third-order valence-corrected chi connectivity index (χ3v) is 5.10. The maximum atomic E-state index is 12.8. The van der Waals surface area contributed by atoms with E-state index >= 15 is 0 Å². The van der Waals surface area contributed by atoms with E-state index in [4.69, 9.17) is 0 Å². The quantitative estimate of drug-likeness (QED) is 0.750. The monoisotopic (exact) mass is 378 g/mol. The number of amides is 1. The van der Waals surface area contributed by atoms with Crippen molar-refractivity contribution in [2.75, 3.05) is 13.1 Å². The van der Waals surface area contributed by atoms with Crippen molar-refractivity contribution in [2.24, 2.45) is 10.8 Å². The summed E-state index contributed by atoms with van der Waals surface area (Å²) in [7, 11) is 0. The van der Waals surface area contributed by atoms with Crippen LogP contribution in [-0.4, -0.2) is 39.9 Å². The molecular weight excluding hydrogens is 361 g/mol. The van der Waals surface area contributed by atoms with Crippen LogP contribution >= 0.6 is 0 Å². The Hall–Kier alpha value is -2.76. The Morgan fingerprint density at radius 3 is 2.70 bits per heavy atom. The molecule has 0 bridgehead atoms. The van der Waals surface area contributed by atoms with Crippen molar-refractivity contribution in [3.63, 3.8) is 0 Å². The zero-order chi connectivity index (χ0) is 20.0. The summed E-state index contributed by atoms with van der Waals surface area (Å²) in [5.74, 6) is -0.878. The normalized spacial score (nSPS) is 24.7. The van der Waals surface area contributed by atoms with Crippen LogP contribution in [0.5, 0.6) is 0 Å². The molecule has 1 atom stereocenters. The van der Waals surface area contributed by atoms with Crippen molar-refractivity contribution in [3.05, 3.63) is 35.2 Å². The van der Waals surface area contributed by atoms with Crippen LogP contribution in [0, 0.1) is 22.2 Å². The molecule has 1 aliphatic heterocycles. The van der Waals surface area contributed by atoms with Crippen molar-refractivity contribution in [2.45, 2.75) is 32.9 Å². The molecular formula is C18H17F3N4O2. The molecule has 1 aliphatic carbocycles. The number of carbonyl (C=O) groups is 2. The summed E-state index contributed by atoms with van der Waals surface area (Å²) in [5, 5.41) is 16.1. The van der Waals surface area contributed by atoms with Crippen LogP contribution < -0.4 is 0 Å². The van der Waals surface area contributed by atoms with Gasteiger partial charge in [-0.3, -0.25) is 9.59 Å². The fraction of sp³-hybridized carbons (Fsp3) is 0.500. The highest BCUT2D eigenvalue weighted by Crippen LogP contribution is 2.48.